The Hall–Kier alpha value is -2.45. The van der Waals surface area contributed by atoms with Gasteiger partial charge in [-0.1, -0.05) is 0 Å². The molecule has 0 amide bonds. The second kappa shape index (κ2) is 8.00. The van der Waals surface area contributed by atoms with Crippen LogP contribution in [0.1, 0.15) is 34.8 Å². The summed E-state index contributed by atoms with van der Waals surface area (Å²) >= 11 is 0. The maximum atomic E-state index is 15.3. The second-order valence-corrected chi connectivity index (χ2v) is 8.38. The molecule has 1 aliphatic heterocycles. The Kier molecular flexibility index (Phi) is 5.55. The molecule has 0 radical (unpaired) electrons. The lowest BCUT2D eigenvalue weighted by Crippen LogP contribution is -2.25. The molecule has 2 aromatic rings. The topological polar surface area (TPSA) is 81.0 Å². The molecule has 0 bridgehead atoms. The third kappa shape index (κ3) is 3.48. The minimum atomic E-state index is -1.29. The van der Waals surface area contributed by atoms with Crippen LogP contribution in [0.2, 0.25) is 0 Å². The summed E-state index contributed by atoms with van der Waals surface area (Å²) in [5.74, 6) is -1.37. The van der Waals surface area contributed by atoms with Crippen molar-refractivity contribution in [2.75, 3.05) is 45.4 Å². The van der Waals surface area contributed by atoms with E-state index < -0.39 is 17.2 Å². The third-order valence-corrected chi connectivity index (χ3v) is 6.30. The summed E-state index contributed by atoms with van der Waals surface area (Å²) in [7, 11) is 3.31. The first kappa shape index (κ1) is 20.8. The quantitative estimate of drug-likeness (QED) is 0.745. The van der Waals surface area contributed by atoms with Crippen molar-refractivity contribution >= 4 is 22.6 Å². The van der Waals surface area contributed by atoms with Gasteiger partial charge in [-0.05, 0) is 31.4 Å². The number of fused-ring (bicyclic) bond motifs is 1. The molecular formula is C22H27FN2O5. The number of carbonyl (C=O) groups is 1. The summed E-state index contributed by atoms with van der Waals surface area (Å²) in [4.78, 5) is 26.3. The number of aromatic carboxylic acids is 1. The van der Waals surface area contributed by atoms with Crippen LogP contribution >= 0.6 is 0 Å². The molecule has 2 aliphatic rings. The number of hydrogen-bond acceptors (Lipinski definition) is 5. The van der Waals surface area contributed by atoms with Gasteiger partial charge < -0.3 is 24.0 Å². The summed E-state index contributed by atoms with van der Waals surface area (Å²) in [5.41, 5.74) is 0.808. The van der Waals surface area contributed by atoms with E-state index in [-0.39, 0.29) is 28.8 Å². The van der Waals surface area contributed by atoms with Crippen molar-refractivity contribution < 1.29 is 23.8 Å². The van der Waals surface area contributed by atoms with Gasteiger partial charge in [-0.15, -0.1) is 0 Å². The smallest absolute Gasteiger partial charge is 0.341 e. The number of carboxylic acid groups (broad SMARTS) is 1. The van der Waals surface area contributed by atoms with Gasteiger partial charge in [0.15, 0.2) is 0 Å². The molecule has 162 valence electrons. The minimum absolute atomic E-state index is 0.127. The van der Waals surface area contributed by atoms with Crippen molar-refractivity contribution in [3.8, 4) is 0 Å². The van der Waals surface area contributed by atoms with Crippen molar-refractivity contribution in [3.63, 3.8) is 0 Å². The normalized spacial score (nSPS) is 21.5. The average Bonchev–Trinajstić information content (AvgIpc) is 3.46. The highest BCUT2D eigenvalue weighted by molar-refractivity contribution is 5.95. The van der Waals surface area contributed by atoms with Crippen LogP contribution in [-0.2, 0) is 9.47 Å². The van der Waals surface area contributed by atoms with Crippen molar-refractivity contribution in [2.24, 2.45) is 11.8 Å². The monoisotopic (exact) mass is 418 g/mol. The summed E-state index contributed by atoms with van der Waals surface area (Å²) in [6.07, 6.45) is 3.25. The fourth-order valence-corrected chi connectivity index (χ4v) is 4.78. The number of methoxy groups -OCH3 is 2. The molecule has 0 spiro atoms. The molecule has 8 heteroatoms. The van der Waals surface area contributed by atoms with Gasteiger partial charge in [-0.25, -0.2) is 9.18 Å². The van der Waals surface area contributed by atoms with E-state index in [0.29, 0.717) is 43.1 Å². The van der Waals surface area contributed by atoms with Crippen LogP contribution in [0.3, 0.4) is 0 Å². The molecule has 7 nitrogen and oxygen atoms in total. The molecule has 1 N–H and O–H groups in total. The number of nitrogens with zero attached hydrogens (tertiary/aromatic N) is 2. The predicted molar refractivity (Wildman–Crippen MR) is 111 cm³/mol. The van der Waals surface area contributed by atoms with E-state index in [1.807, 2.05) is 16.4 Å². The zero-order chi connectivity index (χ0) is 21.6. The highest BCUT2D eigenvalue weighted by atomic mass is 19.1. The minimum Gasteiger partial charge on any atom is -0.477 e. The van der Waals surface area contributed by atoms with Crippen LogP contribution in [-0.4, -0.2) is 56.2 Å². The first-order valence-electron chi connectivity index (χ1n) is 10.2. The van der Waals surface area contributed by atoms with Crippen LogP contribution in [0.5, 0.6) is 0 Å². The van der Waals surface area contributed by atoms with Crippen molar-refractivity contribution in [1.82, 2.24) is 4.57 Å². The molecule has 1 aliphatic carbocycles. The number of pyridine rings is 1. The largest absolute Gasteiger partial charge is 0.477 e. The standard InChI is InChI=1S/C22H27FN2O5/c1-12-19-16(21(26)17(22(27)28)9-25(19)15-4-5-15)6-18(23)20(12)24-7-13(10-29-2)14(8-24)11-30-3/h6,9,13-15H,4-5,7-8,10-11H2,1-3H3,(H,27,28). The Balaban J connectivity index is 1.86. The summed E-state index contributed by atoms with van der Waals surface area (Å²) in [6.45, 7) is 4.20. The van der Waals surface area contributed by atoms with Gasteiger partial charge in [-0.3, -0.25) is 4.79 Å². The number of anilines is 1. The number of carboxylic acids is 1. The van der Waals surface area contributed by atoms with Gasteiger partial charge in [-0.2, -0.15) is 0 Å². The van der Waals surface area contributed by atoms with E-state index in [9.17, 15) is 14.7 Å². The van der Waals surface area contributed by atoms with E-state index in [1.54, 1.807) is 14.2 Å². The Bertz CT molecular complexity index is 1030. The summed E-state index contributed by atoms with van der Waals surface area (Å²) in [6, 6.07) is 1.35. The average molecular weight is 418 g/mol. The molecule has 1 aromatic heterocycles. The van der Waals surface area contributed by atoms with Crippen molar-refractivity contribution in [2.45, 2.75) is 25.8 Å². The van der Waals surface area contributed by atoms with E-state index in [0.717, 1.165) is 12.8 Å². The highest BCUT2D eigenvalue weighted by Crippen LogP contribution is 2.41. The number of ether oxygens (including phenoxy) is 2. The Labute approximate surface area is 174 Å². The molecule has 1 aromatic carbocycles. The van der Waals surface area contributed by atoms with Gasteiger partial charge in [0.25, 0.3) is 0 Å². The fourth-order valence-electron chi connectivity index (χ4n) is 4.78. The van der Waals surface area contributed by atoms with E-state index in [2.05, 4.69) is 0 Å². The van der Waals surface area contributed by atoms with Crippen LogP contribution in [0, 0.1) is 24.6 Å². The maximum Gasteiger partial charge on any atom is 0.341 e. The molecule has 2 atom stereocenters. The molecule has 2 fully saturated rings. The van der Waals surface area contributed by atoms with Gasteiger partial charge in [0.1, 0.15) is 11.4 Å². The predicted octanol–water partition coefficient (Wildman–Crippen LogP) is 2.83. The molecule has 1 saturated carbocycles. The van der Waals surface area contributed by atoms with Gasteiger partial charge in [0.2, 0.25) is 5.43 Å². The highest BCUT2D eigenvalue weighted by Gasteiger charge is 2.36. The van der Waals surface area contributed by atoms with Gasteiger partial charge >= 0.3 is 5.97 Å². The van der Waals surface area contributed by atoms with Crippen molar-refractivity contribution in [3.05, 3.63) is 39.4 Å². The van der Waals surface area contributed by atoms with E-state index >= 15 is 4.39 Å². The van der Waals surface area contributed by atoms with Crippen LogP contribution < -0.4 is 10.3 Å². The maximum absolute atomic E-state index is 15.3. The number of benzene rings is 1. The molecule has 4 rings (SSSR count). The molecule has 2 unspecified atom stereocenters. The molecule has 1 saturated heterocycles. The van der Waals surface area contributed by atoms with E-state index in [1.165, 1.54) is 12.3 Å². The number of hydrogen-bond donors (Lipinski definition) is 1. The third-order valence-electron chi connectivity index (χ3n) is 6.30. The van der Waals surface area contributed by atoms with Crippen molar-refractivity contribution in [1.29, 1.82) is 0 Å². The number of aryl methyl sites for hydroxylation is 1. The molecular weight excluding hydrogens is 391 g/mol. The Morgan fingerprint density at radius 3 is 2.30 bits per heavy atom. The van der Waals surface area contributed by atoms with Gasteiger partial charge in [0, 0.05) is 56.8 Å². The summed E-state index contributed by atoms with van der Waals surface area (Å²) < 4.78 is 27.9. The second-order valence-electron chi connectivity index (χ2n) is 8.38. The first-order chi connectivity index (χ1) is 14.4. The first-order valence-corrected chi connectivity index (χ1v) is 10.2. The van der Waals surface area contributed by atoms with E-state index in [4.69, 9.17) is 9.47 Å². The lowest BCUT2D eigenvalue weighted by atomic mass is 9.98. The number of aromatic nitrogens is 1. The molecule has 2 heterocycles. The fraction of sp³-hybridized carbons (Fsp3) is 0.545. The lowest BCUT2D eigenvalue weighted by Gasteiger charge is -2.24. The lowest BCUT2D eigenvalue weighted by molar-refractivity contribution is 0.0695. The van der Waals surface area contributed by atoms with Crippen LogP contribution in [0.25, 0.3) is 10.9 Å². The zero-order valence-corrected chi connectivity index (χ0v) is 17.5. The van der Waals surface area contributed by atoms with Gasteiger partial charge in [0.05, 0.1) is 24.4 Å². The zero-order valence-electron chi connectivity index (χ0n) is 17.5. The Morgan fingerprint density at radius 2 is 1.80 bits per heavy atom. The molecule has 30 heavy (non-hydrogen) atoms. The van der Waals surface area contributed by atoms with Crippen LogP contribution in [0.15, 0.2) is 17.1 Å². The Morgan fingerprint density at radius 1 is 1.20 bits per heavy atom. The summed E-state index contributed by atoms with van der Waals surface area (Å²) in [5, 5.41) is 9.56. The number of rotatable bonds is 7. The number of halogens is 1. The SMILES string of the molecule is COCC1CN(c2c(F)cc3c(=O)c(C(=O)O)cn(C4CC4)c3c2C)CC1COC. The van der Waals surface area contributed by atoms with Crippen LogP contribution in [0.4, 0.5) is 10.1 Å².